The van der Waals surface area contributed by atoms with Crippen molar-refractivity contribution in [1.82, 2.24) is 19.9 Å². The van der Waals surface area contributed by atoms with Crippen LogP contribution in [0.1, 0.15) is 28.9 Å². The number of anilines is 2. The van der Waals surface area contributed by atoms with Crippen LogP contribution in [0.25, 0.3) is 16.6 Å². The second-order valence-electron chi connectivity index (χ2n) is 8.25. The van der Waals surface area contributed by atoms with E-state index >= 15 is 0 Å². The van der Waals surface area contributed by atoms with Crippen molar-refractivity contribution < 1.29 is 18.7 Å². The molecule has 0 radical (unpaired) electrons. The first-order valence-electron chi connectivity index (χ1n) is 10.9. The minimum Gasteiger partial charge on any atom is -0.496 e. The zero-order chi connectivity index (χ0) is 23.8. The number of pyridine rings is 2. The Bertz CT molecular complexity index is 1370. The van der Waals surface area contributed by atoms with Crippen LogP contribution in [-0.4, -0.2) is 40.8 Å². The van der Waals surface area contributed by atoms with Gasteiger partial charge in [0.15, 0.2) is 5.82 Å². The van der Waals surface area contributed by atoms with E-state index in [1.54, 1.807) is 35.0 Å². The van der Waals surface area contributed by atoms with Crippen LogP contribution in [-0.2, 0) is 0 Å². The van der Waals surface area contributed by atoms with E-state index in [0.29, 0.717) is 34.1 Å². The molecular weight excluding hydrogens is 437 g/mol. The van der Waals surface area contributed by atoms with Gasteiger partial charge in [0.2, 0.25) is 0 Å². The number of nitrogens with zero attached hydrogens (tertiary/aromatic N) is 3. The topological polar surface area (TPSA) is 89.8 Å². The number of carbonyl (C=O) groups is 1. The van der Waals surface area contributed by atoms with Crippen LogP contribution in [0.4, 0.5) is 15.9 Å². The number of methoxy groups -OCH3 is 2. The molecule has 0 atom stereocenters. The SMILES string of the molecule is COc1cc(Nc2cc3cc(-c4cc(C)ncc4F)ccn3n2)cc(OC)c1C(=O)NC1CC1. The Hall–Kier alpha value is -4.14. The zero-order valence-corrected chi connectivity index (χ0v) is 19.1. The monoisotopic (exact) mass is 461 g/mol. The summed E-state index contributed by atoms with van der Waals surface area (Å²) in [6.45, 7) is 1.83. The predicted molar refractivity (Wildman–Crippen MR) is 126 cm³/mol. The summed E-state index contributed by atoms with van der Waals surface area (Å²) in [4.78, 5) is 16.7. The van der Waals surface area contributed by atoms with Gasteiger partial charge in [0.1, 0.15) is 22.9 Å². The Balaban J connectivity index is 1.45. The number of nitrogens with one attached hydrogen (secondary N) is 2. The molecule has 34 heavy (non-hydrogen) atoms. The molecule has 1 aromatic carbocycles. The van der Waals surface area contributed by atoms with E-state index in [-0.39, 0.29) is 17.8 Å². The molecule has 3 aromatic heterocycles. The number of amides is 1. The van der Waals surface area contributed by atoms with E-state index in [4.69, 9.17) is 9.47 Å². The Morgan fingerprint density at radius 3 is 2.53 bits per heavy atom. The number of aryl methyl sites for hydroxylation is 1. The van der Waals surface area contributed by atoms with Gasteiger partial charge in [-0.3, -0.25) is 9.78 Å². The van der Waals surface area contributed by atoms with E-state index in [9.17, 15) is 9.18 Å². The van der Waals surface area contributed by atoms with Crippen molar-refractivity contribution in [2.75, 3.05) is 19.5 Å². The highest BCUT2D eigenvalue weighted by Gasteiger charge is 2.27. The number of ether oxygens (including phenoxy) is 2. The smallest absolute Gasteiger partial charge is 0.259 e. The molecule has 8 nitrogen and oxygen atoms in total. The summed E-state index contributed by atoms with van der Waals surface area (Å²) in [7, 11) is 3.03. The first-order valence-corrected chi connectivity index (χ1v) is 10.9. The molecule has 0 saturated heterocycles. The van der Waals surface area contributed by atoms with Crippen molar-refractivity contribution in [1.29, 1.82) is 0 Å². The molecule has 2 N–H and O–H groups in total. The molecule has 1 saturated carbocycles. The maximum atomic E-state index is 14.3. The molecule has 3 heterocycles. The van der Waals surface area contributed by atoms with Gasteiger partial charge < -0.3 is 20.1 Å². The Morgan fingerprint density at radius 1 is 1.12 bits per heavy atom. The van der Waals surface area contributed by atoms with Crippen molar-refractivity contribution in [3.05, 3.63) is 65.9 Å². The normalized spacial score (nSPS) is 13.1. The fourth-order valence-electron chi connectivity index (χ4n) is 3.83. The maximum absolute atomic E-state index is 14.3. The van der Waals surface area contributed by atoms with Crippen molar-refractivity contribution in [3.63, 3.8) is 0 Å². The van der Waals surface area contributed by atoms with E-state index in [0.717, 1.165) is 29.6 Å². The van der Waals surface area contributed by atoms with Gasteiger partial charge in [-0.2, -0.15) is 5.10 Å². The number of hydrogen-bond donors (Lipinski definition) is 2. The molecule has 5 rings (SSSR count). The van der Waals surface area contributed by atoms with Crippen LogP contribution in [0.3, 0.4) is 0 Å². The molecular formula is C25H24FN5O3. The van der Waals surface area contributed by atoms with Gasteiger partial charge >= 0.3 is 0 Å². The van der Waals surface area contributed by atoms with E-state index in [2.05, 4.69) is 20.7 Å². The largest absolute Gasteiger partial charge is 0.496 e. The standard InChI is InChI=1S/C25H24FN5O3/c1-14-8-19(20(26)13-27-14)15-6-7-31-18(9-15)12-23(30-31)28-17-10-21(33-2)24(22(11-17)34-3)25(32)29-16-4-5-16/h6-13,16H,4-5H2,1-3H3,(H,28,30)(H,29,32). The minimum absolute atomic E-state index is 0.215. The van der Waals surface area contributed by atoms with Crippen LogP contribution >= 0.6 is 0 Å². The third kappa shape index (κ3) is 4.24. The highest BCUT2D eigenvalue weighted by Crippen LogP contribution is 2.35. The number of halogens is 1. The number of hydrogen-bond acceptors (Lipinski definition) is 6. The fourth-order valence-corrected chi connectivity index (χ4v) is 3.83. The van der Waals surface area contributed by atoms with E-state index in [1.807, 2.05) is 19.1 Å². The molecule has 0 spiro atoms. The lowest BCUT2D eigenvalue weighted by Gasteiger charge is -2.15. The van der Waals surface area contributed by atoms with E-state index in [1.165, 1.54) is 20.4 Å². The molecule has 1 fully saturated rings. The lowest BCUT2D eigenvalue weighted by Crippen LogP contribution is -2.26. The van der Waals surface area contributed by atoms with Crippen LogP contribution in [0, 0.1) is 12.7 Å². The first-order chi connectivity index (χ1) is 16.4. The summed E-state index contributed by atoms with van der Waals surface area (Å²) >= 11 is 0. The number of carbonyl (C=O) groups excluding carboxylic acids is 1. The average molecular weight is 461 g/mol. The summed E-state index contributed by atoms with van der Waals surface area (Å²) in [6.07, 6.45) is 4.98. The van der Waals surface area contributed by atoms with Crippen molar-refractivity contribution in [2.24, 2.45) is 0 Å². The minimum atomic E-state index is -0.377. The fraction of sp³-hybridized carbons (Fsp3) is 0.240. The molecule has 9 heteroatoms. The lowest BCUT2D eigenvalue weighted by atomic mass is 10.1. The Labute approximate surface area is 195 Å². The van der Waals surface area contributed by atoms with Gasteiger partial charge in [-0.25, -0.2) is 8.91 Å². The van der Waals surface area contributed by atoms with Gasteiger partial charge in [-0.15, -0.1) is 0 Å². The summed E-state index contributed by atoms with van der Waals surface area (Å²) in [5.41, 5.74) is 3.75. The summed E-state index contributed by atoms with van der Waals surface area (Å²) in [5.74, 6) is 0.770. The maximum Gasteiger partial charge on any atom is 0.259 e. The third-order valence-electron chi connectivity index (χ3n) is 5.68. The van der Waals surface area contributed by atoms with Crippen LogP contribution in [0.15, 0.2) is 48.8 Å². The number of fused-ring (bicyclic) bond motifs is 1. The van der Waals surface area contributed by atoms with Crippen LogP contribution in [0.2, 0.25) is 0 Å². The first kappa shape index (κ1) is 21.7. The lowest BCUT2D eigenvalue weighted by molar-refractivity contribution is 0.0945. The summed E-state index contributed by atoms with van der Waals surface area (Å²) in [5, 5.41) is 10.7. The third-order valence-corrected chi connectivity index (χ3v) is 5.68. The van der Waals surface area contributed by atoms with Crippen molar-refractivity contribution in [2.45, 2.75) is 25.8 Å². The molecule has 0 aliphatic heterocycles. The van der Waals surface area contributed by atoms with Crippen molar-refractivity contribution in [3.8, 4) is 22.6 Å². The van der Waals surface area contributed by atoms with E-state index < -0.39 is 0 Å². The summed E-state index contributed by atoms with van der Waals surface area (Å²) in [6, 6.07) is 10.9. The molecule has 174 valence electrons. The average Bonchev–Trinajstić information content (AvgIpc) is 3.55. The number of aromatic nitrogens is 3. The Morgan fingerprint density at radius 2 is 1.85 bits per heavy atom. The molecule has 1 aliphatic carbocycles. The van der Waals surface area contributed by atoms with Gasteiger partial charge in [0, 0.05) is 47.4 Å². The molecule has 1 amide bonds. The Kier molecular flexibility index (Phi) is 5.53. The summed E-state index contributed by atoms with van der Waals surface area (Å²) < 4.78 is 27.0. The number of rotatable bonds is 7. The number of benzene rings is 1. The predicted octanol–water partition coefficient (Wildman–Crippen LogP) is 4.50. The van der Waals surface area contributed by atoms with Gasteiger partial charge in [-0.05, 0) is 43.5 Å². The molecule has 0 unspecified atom stereocenters. The van der Waals surface area contributed by atoms with Gasteiger partial charge in [0.05, 0.1) is 25.9 Å². The van der Waals surface area contributed by atoms with Gasteiger partial charge in [0.25, 0.3) is 5.91 Å². The van der Waals surface area contributed by atoms with Gasteiger partial charge in [-0.1, -0.05) is 0 Å². The second-order valence-corrected chi connectivity index (χ2v) is 8.25. The molecule has 1 aliphatic rings. The van der Waals surface area contributed by atoms with Crippen LogP contribution in [0.5, 0.6) is 11.5 Å². The zero-order valence-electron chi connectivity index (χ0n) is 19.1. The highest BCUT2D eigenvalue weighted by atomic mass is 19.1. The molecule has 4 aromatic rings. The quantitative estimate of drug-likeness (QED) is 0.421. The molecule has 0 bridgehead atoms. The highest BCUT2D eigenvalue weighted by molar-refractivity contribution is 6.01. The van der Waals surface area contributed by atoms with Crippen LogP contribution < -0.4 is 20.1 Å². The second kappa shape index (κ2) is 8.66. The van der Waals surface area contributed by atoms with Crippen molar-refractivity contribution >= 4 is 22.9 Å².